The SMILES string of the molecule is CCC(CC)CNS(=O)(=O)c1ccc(Br)cc1F. The third-order valence-corrected chi connectivity index (χ3v) is 4.85. The number of hydrogen-bond acceptors (Lipinski definition) is 2. The highest BCUT2D eigenvalue weighted by molar-refractivity contribution is 9.10. The summed E-state index contributed by atoms with van der Waals surface area (Å²) in [6, 6.07) is 3.91. The zero-order chi connectivity index (χ0) is 13.8. The molecule has 0 spiro atoms. The summed E-state index contributed by atoms with van der Waals surface area (Å²) in [6.07, 6.45) is 1.78. The molecule has 0 aromatic heterocycles. The van der Waals surface area contributed by atoms with Gasteiger partial charge in [0.15, 0.2) is 0 Å². The van der Waals surface area contributed by atoms with E-state index in [2.05, 4.69) is 20.7 Å². The summed E-state index contributed by atoms with van der Waals surface area (Å²) in [6.45, 7) is 4.34. The molecule has 1 aromatic carbocycles. The summed E-state index contributed by atoms with van der Waals surface area (Å²) in [7, 11) is -3.77. The molecule has 0 heterocycles. The van der Waals surface area contributed by atoms with Crippen LogP contribution >= 0.6 is 15.9 Å². The van der Waals surface area contributed by atoms with E-state index < -0.39 is 15.8 Å². The molecule has 0 fully saturated rings. The van der Waals surface area contributed by atoms with E-state index >= 15 is 0 Å². The van der Waals surface area contributed by atoms with Crippen LogP contribution in [-0.4, -0.2) is 15.0 Å². The van der Waals surface area contributed by atoms with Gasteiger partial charge in [0.05, 0.1) is 0 Å². The maximum absolute atomic E-state index is 13.6. The topological polar surface area (TPSA) is 46.2 Å². The number of hydrogen-bond donors (Lipinski definition) is 1. The number of nitrogens with one attached hydrogen (secondary N) is 1. The second-order valence-corrected chi connectivity index (χ2v) is 6.76. The molecule has 0 amide bonds. The lowest BCUT2D eigenvalue weighted by molar-refractivity contribution is 0.477. The molecule has 0 saturated heterocycles. The molecule has 0 unspecified atom stereocenters. The Labute approximate surface area is 116 Å². The normalized spacial score (nSPS) is 12.1. The number of sulfonamides is 1. The highest BCUT2D eigenvalue weighted by atomic mass is 79.9. The summed E-state index contributed by atoms with van der Waals surface area (Å²) >= 11 is 3.09. The molecule has 0 saturated carbocycles. The Kier molecular flexibility index (Phi) is 5.75. The van der Waals surface area contributed by atoms with Gasteiger partial charge in [0.1, 0.15) is 10.7 Å². The lowest BCUT2D eigenvalue weighted by Crippen LogP contribution is -2.29. The van der Waals surface area contributed by atoms with Crippen molar-refractivity contribution in [3.05, 3.63) is 28.5 Å². The monoisotopic (exact) mass is 337 g/mol. The van der Waals surface area contributed by atoms with Crippen LogP contribution in [0.15, 0.2) is 27.6 Å². The van der Waals surface area contributed by atoms with Gasteiger partial charge in [-0.15, -0.1) is 0 Å². The summed E-state index contributed by atoms with van der Waals surface area (Å²) < 4.78 is 40.4. The molecule has 0 atom stereocenters. The first-order valence-electron chi connectivity index (χ1n) is 5.85. The quantitative estimate of drug-likeness (QED) is 0.865. The molecule has 0 aliphatic carbocycles. The second kappa shape index (κ2) is 6.63. The highest BCUT2D eigenvalue weighted by Gasteiger charge is 2.19. The maximum atomic E-state index is 13.6. The molecule has 1 N–H and O–H groups in total. The third kappa shape index (κ3) is 4.03. The lowest BCUT2D eigenvalue weighted by atomic mass is 10.0. The number of halogens is 2. The molecule has 0 bridgehead atoms. The minimum Gasteiger partial charge on any atom is -0.211 e. The van der Waals surface area contributed by atoms with Gasteiger partial charge >= 0.3 is 0 Å². The van der Waals surface area contributed by atoms with Crippen molar-refractivity contribution in [1.82, 2.24) is 4.72 Å². The van der Waals surface area contributed by atoms with Crippen molar-refractivity contribution in [2.45, 2.75) is 31.6 Å². The van der Waals surface area contributed by atoms with E-state index in [1.807, 2.05) is 13.8 Å². The van der Waals surface area contributed by atoms with Gasteiger partial charge in [0.25, 0.3) is 0 Å². The molecular formula is C12H17BrFNO2S. The van der Waals surface area contributed by atoms with Gasteiger partial charge in [-0.25, -0.2) is 17.5 Å². The van der Waals surface area contributed by atoms with E-state index in [0.29, 0.717) is 11.0 Å². The van der Waals surface area contributed by atoms with Crippen molar-refractivity contribution in [3.63, 3.8) is 0 Å². The number of benzene rings is 1. The molecular weight excluding hydrogens is 321 g/mol. The van der Waals surface area contributed by atoms with Crippen molar-refractivity contribution in [1.29, 1.82) is 0 Å². The Bertz CT molecular complexity index is 501. The molecule has 0 radical (unpaired) electrons. The minimum atomic E-state index is -3.77. The van der Waals surface area contributed by atoms with Crippen LogP contribution in [0.4, 0.5) is 4.39 Å². The van der Waals surface area contributed by atoms with Crippen molar-refractivity contribution >= 4 is 26.0 Å². The Morgan fingerprint density at radius 2 is 1.94 bits per heavy atom. The fourth-order valence-corrected chi connectivity index (χ4v) is 3.08. The minimum absolute atomic E-state index is 0.276. The molecule has 0 aliphatic rings. The van der Waals surface area contributed by atoms with Gasteiger partial charge in [-0.1, -0.05) is 42.6 Å². The van der Waals surface area contributed by atoms with E-state index in [0.717, 1.165) is 18.9 Å². The molecule has 18 heavy (non-hydrogen) atoms. The Hall–Kier alpha value is -0.460. The van der Waals surface area contributed by atoms with E-state index in [9.17, 15) is 12.8 Å². The smallest absolute Gasteiger partial charge is 0.211 e. The molecule has 6 heteroatoms. The average Bonchev–Trinajstić information content (AvgIpc) is 2.29. The highest BCUT2D eigenvalue weighted by Crippen LogP contribution is 2.19. The van der Waals surface area contributed by atoms with Crippen LogP contribution in [0.2, 0.25) is 0 Å². The van der Waals surface area contributed by atoms with Crippen molar-refractivity contribution in [3.8, 4) is 0 Å². The van der Waals surface area contributed by atoms with Crippen LogP contribution in [0.1, 0.15) is 26.7 Å². The van der Waals surface area contributed by atoms with Crippen LogP contribution < -0.4 is 4.72 Å². The van der Waals surface area contributed by atoms with E-state index in [4.69, 9.17) is 0 Å². The second-order valence-electron chi connectivity index (χ2n) is 4.11. The van der Waals surface area contributed by atoms with Gasteiger partial charge in [-0.2, -0.15) is 0 Å². The van der Waals surface area contributed by atoms with Crippen LogP contribution in [0.25, 0.3) is 0 Å². The summed E-state index contributed by atoms with van der Waals surface area (Å²) in [5.74, 6) is -0.472. The standard InChI is InChI=1S/C12H17BrFNO2S/c1-3-9(4-2)8-15-18(16,17)12-6-5-10(13)7-11(12)14/h5-7,9,15H,3-4,8H2,1-2H3. The molecule has 102 valence electrons. The first-order chi connectivity index (χ1) is 8.40. The van der Waals surface area contributed by atoms with Crippen LogP contribution in [0, 0.1) is 11.7 Å². The summed E-state index contributed by atoms with van der Waals surface area (Å²) in [5, 5.41) is 0. The van der Waals surface area contributed by atoms with Crippen LogP contribution in [0.5, 0.6) is 0 Å². The zero-order valence-corrected chi connectivity index (χ0v) is 12.8. The molecule has 1 rings (SSSR count). The predicted molar refractivity (Wildman–Crippen MR) is 73.4 cm³/mol. The van der Waals surface area contributed by atoms with Crippen molar-refractivity contribution in [2.75, 3.05) is 6.54 Å². The van der Waals surface area contributed by atoms with E-state index in [1.54, 1.807) is 0 Å². The van der Waals surface area contributed by atoms with Crippen molar-refractivity contribution in [2.24, 2.45) is 5.92 Å². The van der Waals surface area contributed by atoms with Gasteiger partial charge < -0.3 is 0 Å². The van der Waals surface area contributed by atoms with E-state index in [1.165, 1.54) is 12.1 Å². The Morgan fingerprint density at radius 3 is 2.44 bits per heavy atom. The number of rotatable bonds is 6. The van der Waals surface area contributed by atoms with Gasteiger partial charge in [-0.05, 0) is 24.1 Å². The molecule has 0 aliphatic heterocycles. The lowest BCUT2D eigenvalue weighted by Gasteiger charge is -2.14. The van der Waals surface area contributed by atoms with Crippen LogP contribution in [0.3, 0.4) is 0 Å². The first kappa shape index (κ1) is 15.6. The van der Waals surface area contributed by atoms with Gasteiger partial charge in [0.2, 0.25) is 10.0 Å². The summed E-state index contributed by atoms with van der Waals surface area (Å²) in [4.78, 5) is -0.309. The fraction of sp³-hybridized carbons (Fsp3) is 0.500. The Morgan fingerprint density at radius 1 is 1.33 bits per heavy atom. The van der Waals surface area contributed by atoms with E-state index in [-0.39, 0.29) is 10.8 Å². The largest absolute Gasteiger partial charge is 0.243 e. The van der Waals surface area contributed by atoms with Gasteiger partial charge in [-0.3, -0.25) is 0 Å². The molecule has 1 aromatic rings. The van der Waals surface area contributed by atoms with Crippen molar-refractivity contribution < 1.29 is 12.8 Å². The Balaban J connectivity index is 2.86. The zero-order valence-electron chi connectivity index (χ0n) is 10.4. The first-order valence-corrected chi connectivity index (χ1v) is 8.13. The van der Waals surface area contributed by atoms with Crippen LogP contribution in [-0.2, 0) is 10.0 Å². The molecule has 3 nitrogen and oxygen atoms in total. The maximum Gasteiger partial charge on any atom is 0.243 e. The summed E-state index contributed by atoms with van der Waals surface area (Å²) in [5.41, 5.74) is 0. The fourth-order valence-electron chi connectivity index (χ4n) is 1.58. The average molecular weight is 338 g/mol. The third-order valence-electron chi connectivity index (χ3n) is 2.90. The van der Waals surface area contributed by atoms with Gasteiger partial charge in [0, 0.05) is 11.0 Å². The predicted octanol–water partition coefficient (Wildman–Crippen LogP) is 3.30.